The molecular weight excluding hydrogens is 1580 g/mol. The predicted octanol–water partition coefficient (Wildman–Crippen LogP) is 12.0. The molecule has 0 spiro atoms. The van der Waals surface area contributed by atoms with Crippen LogP contribution in [0.1, 0.15) is 123 Å². The smallest absolute Gasteiger partial charge is 0.275 e. The molecule has 16 aromatic heterocycles. The quantitative estimate of drug-likeness (QED) is 0.121. The monoisotopic (exact) mass is 1670 g/mol. The standard InChI is InChI=1S/C22H23ClN6O2.C22H23ClN6O.C22H24N6O2.C21H21ClN6O/c1-14-12-28-13-16(10-17(23)22(28)24-14)19-11-21(31)29-20(25-19)3-2-18(26-29)15-4-6-27(7-5-15)8-9-30;1-3-27-8-6-15(7-9-27)18-4-5-20-25-19(11-21(30)29(20)26-18)16-10-17(23)22-24-14(2)12-28(22)13-16;1-12-7-16-8-18(30-22(16)15(4)24-12)17-9-21(29)28-19(25-17)5-6-20(26-28)27-10-13(2)23-14(3)11-27;1-13-11-27-12-15(9-16(22)21(27)23-13)18-10-20(29)28-19(24-18)4-3-17(25-28)14-5-7-26(2)8-6-14/h2-3,10-13,15,30H,4-9H2,1H3;4-5,10-13,15H,3,6-9H2,1-2H3;5-9,13-14,23H,10-11H2,1-4H3;3-4,9-12,14H,5-8H2,1-2H3/t;;13-,14+;. The Balaban J connectivity index is 0.000000114. The van der Waals surface area contributed by atoms with E-state index in [4.69, 9.17) is 44.3 Å². The zero-order valence-corrected chi connectivity index (χ0v) is 70.4. The molecule has 4 saturated heterocycles. The summed E-state index contributed by atoms with van der Waals surface area (Å²) >= 11 is 19.2. The molecule has 4 aliphatic rings. The van der Waals surface area contributed by atoms with Crippen LogP contribution >= 0.6 is 34.8 Å². The maximum absolute atomic E-state index is 12.9. The van der Waals surface area contributed by atoms with Gasteiger partial charge in [-0.3, -0.25) is 24.2 Å². The number of furan rings is 1. The number of fused-ring (bicyclic) bond motifs is 8. The molecule has 2 N–H and O–H groups in total. The maximum atomic E-state index is 12.9. The first-order valence-corrected chi connectivity index (χ1v) is 41.7. The number of rotatable bonds is 11. The van der Waals surface area contributed by atoms with Crippen LogP contribution < -0.4 is 32.5 Å². The lowest BCUT2D eigenvalue weighted by molar-refractivity contribution is 0.163. The van der Waals surface area contributed by atoms with Crippen molar-refractivity contribution in [3.63, 3.8) is 0 Å². The minimum absolute atomic E-state index is 0.181. The number of pyridine rings is 4. The first kappa shape index (κ1) is 80.8. The van der Waals surface area contributed by atoms with E-state index in [1.807, 2.05) is 146 Å². The van der Waals surface area contributed by atoms with Crippen molar-refractivity contribution in [2.75, 3.05) is 84.0 Å². The van der Waals surface area contributed by atoms with Crippen LogP contribution in [0.4, 0.5) is 5.82 Å². The van der Waals surface area contributed by atoms with Crippen molar-refractivity contribution >= 4 is 91.1 Å². The number of anilines is 1. The van der Waals surface area contributed by atoms with Gasteiger partial charge < -0.3 is 47.6 Å². The molecule has 2 atom stereocenters. The van der Waals surface area contributed by atoms with Crippen molar-refractivity contribution in [2.24, 2.45) is 0 Å². The van der Waals surface area contributed by atoms with Crippen LogP contribution in [0.25, 0.3) is 95.7 Å². The van der Waals surface area contributed by atoms with Gasteiger partial charge in [0.2, 0.25) is 0 Å². The number of aryl methyl sites for hydroxylation is 5. The number of nitrogens with one attached hydrogen (secondary N) is 1. The second-order valence-electron chi connectivity index (χ2n) is 31.9. The largest absolute Gasteiger partial charge is 0.453 e. The number of hydrogen-bond donors (Lipinski definition) is 2. The SMILES string of the molecule is CCN1CCC(c2ccc3nc(-c4cc(Cl)c5nc(C)cn5c4)cc(=O)n3n2)CC1.Cc1cc2cc(-c3cc(=O)n4nc(N5C[C@@H](C)N[C@@H](C)C5)ccc4n3)oc2c(C)n1.Cc1cn2cc(-c3cc(=O)n4nc(C5CCN(C)CC5)ccc4n3)cc(Cl)c2n1.Cc1cn2cc(-c3cc(=O)n4nc(C5CCN(CCO)CC5)ccc4n3)cc(Cl)c2n1. The summed E-state index contributed by atoms with van der Waals surface area (Å²) in [6.45, 7) is 25.8. The summed E-state index contributed by atoms with van der Waals surface area (Å²) in [6, 6.07) is 31.3. The Morgan fingerprint density at radius 3 is 1.24 bits per heavy atom. The van der Waals surface area contributed by atoms with E-state index in [1.54, 1.807) is 18.2 Å². The number of nitrogens with zero attached hydrogens (tertiary/aromatic N) is 23. The minimum atomic E-state index is -0.237. The van der Waals surface area contributed by atoms with Gasteiger partial charge >= 0.3 is 0 Å². The lowest BCUT2D eigenvalue weighted by atomic mass is 9.93. The second-order valence-corrected chi connectivity index (χ2v) is 33.1. The Morgan fingerprint density at radius 2 is 0.825 bits per heavy atom. The highest BCUT2D eigenvalue weighted by molar-refractivity contribution is 6.34. The molecule has 0 bridgehead atoms. The van der Waals surface area contributed by atoms with Crippen LogP contribution in [-0.2, 0) is 0 Å². The number of likely N-dealkylation sites (tertiary alicyclic amines) is 3. The summed E-state index contributed by atoms with van der Waals surface area (Å²) in [4.78, 5) is 96.9. The second kappa shape index (κ2) is 33.9. The van der Waals surface area contributed by atoms with Gasteiger partial charge in [-0.2, -0.15) is 33.4 Å². The van der Waals surface area contributed by atoms with Crippen LogP contribution in [0.3, 0.4) is 0 Å². The minimum Gasteiger partial charge on any atom is -0.453 e. The van der Waals surface area contributed by atoms with E-state index in [2.05, 4.69) is 113 Å². The number of aliphatic hydroxyl groups excluding tert-OH is 1. The van der Waals surface area contributed by atoms with Gasteiger partial charge in [-0.15, -0.1) is 5.10 Å². The lowest BCUT2D eigenvalue weighted by Crippen LogP contribution is -2.54. The number of hydrogen-bond acceptors (Lipinski definition) is 23. The van der Waals surface area contributed by atoms with Gasteiger partial charge in [0.1, 0.15) is 11.5 Å². The van der Waals surface area contributed by atoms with Crippen molar-refractivity contribution in [1.82, 2.24) is 112 Å². The number of aromatic nitrogens is 19. The third-order valence-electron chi connectivity index (χ3n) is 22.8. The molecule has 616 valence electrons. The Bertz CT molecular complexity index is 6860. The molecule has 0 aromatic carbocycles. The van der Waals surface area contributed by atoms with Crippen molar-refractivity contribution in [1.29, 1.82) is 0 Å². The molecule has 0 radical (unpaired) electrons. The van der Waals surface area contributed by atoms with Gasteiger partial charge in [-0.1, -0.05) is 41.7 Å². The van der Waals surface area contributed by atoms with Crippen LogP contribution in [-0.4, -0.2) is 203 Å². The highest BCUT2D eigenvalue weighted by atomic mass is 35.5. The van der Waals surface area contributed by atoms with Crippen molar-refractivity contribution in [2.45, 2.75) is 124 Å². The summed E-state index contributed by atoms with van der Waals surface area (Å²) in [5.74, 6) is 2.40. The summed E-state index contributed by atoms with van der Waals surface area (Å²) in [7, 11) is 2.13. The number of aliphatic hydroxyl groups is 1. The number of imidazole rings is 3. The summed E-state index contributed by atoms with van der Waals surface area (Å²) in [6.07, 6.45) is 17.5. The van der Waals surface area contributed by atoms with Crippen LogP contribution in [0.5, 0.6) is 0 Å². The molecule has 120 heavy (non-hydrogen) atoms. The summed E-state index contributed by atoms with van der Waals surface area (Å²) in [5.41, 5.74) is 15.6. The molecular formula is C87H91Cl3N24O6. The maximum Gasteiger partial charge on any atom is 0.275 e. The molecule has 4 aliphatic heterocycles. The molecule has 20 rings (SSSR count). The lowest BCUT2D eigenvalue weighted by Gasteiger charge is -2.36. The van der Waals surface area contributed by atoms with Gasteiger partial charge in [-0.05, 0) is 219 Å². The zero-order chi connectivity index (χ0) is 83.5. The van der Waals surface area contributed by atoms with Crippen molar-refractivity contribution in [3.8, 4) is 45.2 Å². The molecule has 30 nitrogen and oxygen atoms in total. The van der Waals surface area contributed by atoms with E-state index >= 15 is 0 Å². The third-order valence-corrected chi connectivity index (χ3v) is 23.7. The average molecular weight is 1680 g/mol. The third kappa shape index (κ3) is 17.0. The van der Waals surface area contributed by atoms with E-state index in [-0.39, 0.29) is 28.8 Å². The topological polar surface area (TPSA) is 312 Å². The normalized spacial score (nSPS) is 16.9. The highest BCUT2D eigenvalue weighted by Crippen LogP contribution is 2.34. The average Bonchev–Trinajstić information content (AvgIpc) is 1.42. The molecule has 0 unspecified atom stereocenters. The fraction of sp³-hybridized carbons (Fsp3) is 0.356. The van der Waals surface area contributed by atoms with Crippen LogP contribution in [0.15, 0.2) is 164 Å². The Morgan fingerprint density at radius 1 is 0.442 bits per heavy atom. The van der Waals surface area contributed by atoms with Gasteiger partial charge in [-0.25, -0.2) is 34.9 Å². The van der Waals surface area contributed by atoms with Gasteiger partial charge in [0.15, 0.2) is 50.9 Å². The number of halogens is 3. The van der Waals surface area contributed by atoms with E-state index in [1.165, 1.54) is 42.3 Å². The number of piperidine rings is 3. The molecule has 0 aliphatic carbocycles. The highest BCUT2D eigenvalue weighted by Gasteiger charge is 2.28. The summed E-state index contributed by atoms with van der Waals surface area (Å²) in [5, 5.41) is 33.5. The molecule has 0 amide bonds. The van der Waals surface area contributed by atoms with Crippen molar-refractivity contribution in [3.05, 3.63) is 242 Å². The van der Waals surface area contributed by atoms with Gasteiger partial charge in [0.05, 0.1) is 78.6 Å². The molecule has 4 fully saturated rings. The summed E-state index contributed by atoms with van der Waals surface area (Å²) < 4.78 is 17.1. The van der Waals surface area contributed by atoms with Crippen LogP contribution in [0, 0.1) is 34.6 Å². The number of β-amino-alcohol motifs (C(OH)–C–C–N with tert-alkyl or cyclic N) is 1. The zero-order valence-electron chi connectivity index (χ0n) is 68.1. The van der Waals surface area contributed by atoms with Crippen LogP contribution in [0.2, 0.25) is 15.1 Å². The molecule has 20 heterocycles. The Hall–Kier alpha value is -11.6. The Kier molecular flexibility index (Phi) is 22.8. The van der Waals surface area contributed by atoms with E-state index in [9.17, 15) is 19.2 Å². The van der Waals surface area contributed by atoms with E-state index in [0.29, 0.717) is 125 Å². The first-order valence-electron chi connectivity index (χ1n) is 40.6. The van der Waals surface area contributed by atoms with Gasteiger partial charge in [0, 0.05) is 139 Å². The van der Waals surface area contributed by atoms with E-state index < -0.39 is 0 Å². The fourth-order valence-corrected chi connectivity index (χ4v) is 17.6. The molecule has 16 aromatic rings. The molecule has 0 saturated carbocycles. The van der Waals surface area contributed by atoms with Gasteiger partial charge in [0.25, 0.3) is 22.2 Å². The van der Waals surface area contributed by atoms with Crippen molar-refractivity contribution < 1.29 is 9.52 Å². The molecule has 33 heteroatoms. The fourth-order valence-electron chi connectivity index (χ4n) is 16.8. The predicted molar refractivity (Wildman–Crippen MR) is 465 cm³/mol. The first-order chi connectivity index (χ1) is 57.9. The number of piperazine rings is 1. The van der Waals surface area contributed by atoms with E-state index in [0.717, 1.165) is 171 Å². The Labute approximate surface area is 703 Å².